The summed E-state index contributed by atoms with van der Waals surface area (Å²) in [5.41, 5.74) is 4.14. The van der Waals surface area contributed by atoms with Crippen LogP contribution in [0, 0.1) is 5.92 Å². The van der Waals surface area contributed by atoms with Crippen molar-refractivity contribution in [3.63, 3.8) is 0 Å². The lowest BCUT2D eigenvalue weighted by molar-refractivity contribution is -0.109. The van der Waals surface area contributed by atoms with E-state index in [4.69, 9.17) is 0 Å². The van der Waals surface area contributed by atoms with Crippen LogP contribution in [-0.4, -0.2) is 6.29 Å². The van der Waals surface area contributed by atoms with E-state index in [0.717, 1.165) is 6.29 Å². The van der Waals surface area contributed by atoms with Crippen LogP contribution in [0.3, 0.4) is 0 Å². The summed E-state index contributed by atoms with van der Waals surface area (Å²) < 4.78 is 0. The quantitative estimate of drug-likeness (QED) is 0.710. The van der Waals surface area contributed by atoms with Crippen LogP contribution in [0.4, 0.5) is 0 Å². The molecule has 1 fully saturated rings. The Morgan fingerprint density at radius 2 is 1.40 bits per heavy atom. The molecular weight excluding hydrogens is 244 g/mol. The molecule has 0 saturated heterocycles. The second-order valence-electron chi connectivity index (χ2n) is 8.34. The third-order valence-corrected chi connectivity index (χ3v) is 4.35. The minimum absolute atomic E-state index is 0.0957. The molecule has 0 spiro atoms. The summed E-state index contributed by atoms with van der Waals surface area (Å²) in [7, 11) is 0. The molecule has 1 heteroatoms. The average molecular weight is 272 g/mol. The van der Waals surface area contributed by atoms with Crippen LogP contribution in [-0.2, 0) is 15.6 Å². The fourth-order valence-corrected chi connectivity index (χ4v) is 2.63. The number of hydrogen-bond donors (Lipinski definition) is 0. The Balaban J connectivity index is 2.53. The number of hydrogen-bond acceptors (Lipinski definition) is 1. The number of rotatable bonds is 3. The van der Waals surface area contributed by atoms with Gasteiger partial charge in [-0.1, -0.05) is 59.7 Å². The van der Waals surface area contributed by atoms with Gasteiger partial charge in [0.2, 0.25) is 0 Å². The molecule has 1 nitrogen and oxygen atoms in total. The average Bonchev–Trinajstić information content (AvgIpc) is 3.12. The Bertz CT molecular complexity index is 463. The summed E-state index contributed by atoms with van der Waals surface area (Å²) in [6.45, 7) is 13.4. The second-order valence-corrected chi connectivity index (χ2v) is 8.34. The topological polar surface area (TPSA) is 17.1 Å². The largest absolute Gasteiger partial charge is 0.303 e. The van der Waals surface area contributed by atoms with Crippen molar-refractivity contribution >= 4 is 6.29 Å². The van der Waals surface area contributed by atoms with Crippen molar-refractivity contribution in [3.05, 3.63) is 34.9 Å². The minimum atomic E-state index is 0.0957. The first-order valence-corrected chi connectivity index (χ1v) is 7.74. The maximum absolute atomic E-state index is 11.5. The van der Waals surface area contributed by atoms with Crippen LogP contribution in [0.5, 0.6) is 0 Å². The molecule has 2 rings (SSSR count). The first-order chi connectivity index (χ1) is 9.13. The van der Waals surface area contributed by atoms with Crippen LogP contribution in [0.25, 0.3) is 0 Å². The van der Waals surface area contributed by atoms with E-state index < -0.39 is 0 Å². The van der Waals surface area contributed by atoms with Crippen molar-refractivity contribution in [2.75, 3.05) is 0 Å². The van der Waals surface area contributed by atoms with E-state index in [0.29, 0.717) is 5.92 Å². The van der Waals surface area contributed by atoms with Crippen LogP contribution in [0.2, 0.25) is 0 Å². The molecule has 1 aliphatic rings. The van der Waals surface area contributed by atoms with Gasteiger partial charge in [0.1, 0.15) is 6.29 Å². The van der Waals surface area contributed by atoms with E-state index in [2.05, 4.69) is 59.7 Å². The molecule has 0 heterocycles. The lowest BCUT2D eigenvalue weighted by Crippen LogP contribution is -2.18. The highest BCUT2D eigenvalue weighted by molar-refractivity contribution is 5.64. The van der Waals surface area contributed by atoms with Gasteiger partial charge in [0.15, 0.2) is 0 Å². The summed E-state index contributed by atoms with van der Waals surface area (Å²) in [5.74, 6) is 0.675. The van der Waals surface area contributed by atoms with Gasteiger partial charge in [0.05, 0.1) is 0 Å². The second kappa shape index (κ2) is 5.02. The normalized spacial score (nSPS) is 17.9. The summed E-state index contributed by atoms with van der Waals surface area (Å²) in [6.07, 6.45) is 3.56. The Morgan fingerprint density at radius 1 is 0.950 bits per heavy atom. The van der Waals surface area contributed by atoms with Gasteiger partial charge in [-0.3, -0.25) is 0 Å². The van der Waals surface area contributed by atoms with Gasteiger partial charge < -0.3 is 4.79 Å². The smallest absolute Gasteiger partial charge is 0.127 e. The Hall–Kier alpha value is -1.11. The minimum Gasteiger partial charge on any atom is -0.303 e. The number of benzene rings is 1. The molecule has 1 aromatic rings. The SMILES string of the molecule is CC(C)(C)c1cc(C(C=O)C2CC2)cc(C(C)(C)C)c1. The highest BCUT2D eigenvalue weighted by Crippen LogP contribution is 2.43. The highest BCUT2D eigenvalue weighted by atomic mass is 16.1. The zero-order valence-corrected chi connectivity index (χ0v) is 13.8. The lowest BCUT2D eigenvalue weighted by atomic mass is 9.78. The molecule has 0 aliphatic heterocycles. The highest BCUT2D eigenvalue weighted by Gasteiger charge is 2.33. The first kappa shape index (κ1) is 15.3. The maximum Gasteiger partial charge on any atom is 0.127 e. The first-order valence-electron chi connectivity index (χ1n) is 7.74. The monoisotopic (exact) mass is 272 g/mol. The van der Waals surface area contributed by atoms with Crippen molar-refractivity contribution in [1.82, 2.24) is 0 Å². The summed E-state index contributed by atoms with van der Waals surface area (Å²) >= 11 is 0. The van der Waals surface area contributed by atoms with E-state index in [9.17, 15) is 4.79 Å². The molecule has 110 valence electrons. The molecule has 0 N–H and O–H groups in total. The van der Waals surface area contributed by atoms with Crippen LogP contribution < -0.4 is 0 Å². The molecule has 1 atom stereocenters. The zero-order valence-electron chi connectivity index (χ0n) is 13.8. The number of carbonyl (C=O) groups excluding carboxylic acids is 1. The predicted octanol–water partition coefficient (Wildman–Crippen LogP) is 4.97. The molecule has 1 unspecified atom stereocenters. The van der Waals surface area contributed by atoms with E-state index >= 15 is 0 Å². The van der Waals surface area contributed by atoms with E-state index in [1.807, 2.05) is 0 Å². The van der Waals surface area contributed by atoms with Crippen molar-refractivity contribution in [2.45, 2.75) is 71.1 Å². The van der Waals surface area contributed by atoms with Crippen molar-refractivity contribution < 1.29 is 4.79 Å². The molecular formula is C19H28O. The van der Waals surface area contributed by atoms with Gasteiger partial charge in [-0.25, -0.2) is 0 Å². The molecule has 0 bridgehead atoms. The van der Waals surface area contributed by atoms with Gasteiger partial charge >= 0.3 is 0 Å². The zero-order chi connectivity index (χ0) is 15.1. The fraction of sp³-hybridized carbons (Fsp3) is 0.632. The van der Waals surface area contributed by atoms with Crippen LogP contribution in [0.1, 0.15) is 77.0 Å². The molecule has 20 heavy (non-hydrogen) atoms. The molecule has 0 radical (unpaired) electrons. The van der Waals surface area contributed by atoms with Gasteiger partial charge in [-0.05, 0) is 46.3 Å². The fourth-order valence-electron chi connectivity index (χ4n) is 2.63. The molecule has 1 aliphatic carbocycles. The van der Waals surface area contributed by atoms with Gasteiger partial charge in [-0.15, -0.1) is 0 Å². The summed E-state index contributed by atoms with van der Waals surface area (Å²) in [4.78, 5) is 11.5. The third-order valence-electron chi connectivity index (χ3n) is 4.35. The third kappa shape index (κ3) is 3.31. The number of carbonyl (C=O) groups is 1. The summed E-state index contributed by atoms with van der Waals surface area (Å²) in [5, 5.41) is 0. The Morgan fingerprint density at radius 3 is 1.70 bits per heavy atom. The van der Waals surface area contributed by atoms with E-state index in [-0.39, 0.29) is 16.7 Å². The van der Waals surface area contributed by atoms with Crippen LogP contribution >= 0.6 is 0 Å². The predicted molar refractivity (Wildman–Crippen MR) is 85.4 cm³/mol. The van der Waals surface area contributed by atoms with Crippen molar-refractivity contribution in [1.29, 1.82) is 0 Å². The maximum atomic E-state index is 11.5. The van der Waals surface area contributed by atoms with E-state index in [1.54, 1.807) is 0 Å². The molecule has 0 amide bonds. The number of aldehydes is 1. The van der Waals surface area contributed by atoms with Gasteiger partial charge in [0, 0.05) is 5.92 Å². The van der Waals surface area contributed by atoms with E-state index in [1.165, 1.54) is 29.5 Å². The Kier molecular flexibility index (Phi) is 3.83. The standard InChI is InChI=1S/C19H28O/c1-18(2,3)15-9-14(17(12-20)13-7-8-13)10-16(11-15)19(4,5)6/h9-13,17H,7-8H2,1-6H3. The lowest BCUT2D eigenvalue weighted by Gasteiger charge is -2.27. The van der Waals surface area contributed by atoms with Gasteiger partial charge in [-0.2, -0.15) is 0 Å². The Labute approximate surface area is 123 Å². The van der Waals surface area contributed by atoms with Crippen molar-refractivity contribution in [3.8, 4) is 0 Å². The molecule has 1 saturated carbocycles. The molecule has 0 aromatic heterocycles. The van der Waals surface area contributed by atoms with Crippen molar-refractivity contribution in [2.24, 2.45) is 5.92 Å². The van der Waals surface area contributed by atoms with Crippen LogP contribution in [0.15, 0.2) is 18.2 Å². The molecule has 1 aromatic carbocycles. The summed E-state index contributed by atoms with van der Waals surface area (Å²) in [6, 6.07) is 6.83. The van der Waals surface area contributed by atoms with Gasteiger partial charge in [0.25, 0.3) is 0 Å².